The zero-order chi connectivity index (χ0) is 10.7. The van der Waals surface area contributed by atoms with Crippen LogP contribution in [0.1, 0.15) is 56.2 Å². The van der Waals surface area contributed by atoms with E-state index in [0.29, 0.717) is 6.04 Å². The van der Waals surface area contributed by atoms with Crippen molar-refractivity contribution < 1.29 is 0 Å². The quantitative estimate of drug-likeness (QED) is 0.802. The van der Waals surface area contributed by atoms with Gasteiger partial charge in [0.1, 0.15) is 0 Å². The molecule has 1 aromatic heterocycles. The highest BCUT2D eigenvalue weighted by Gasteiger charge is 2.26. The van der Waals surface area contributed by atoms with Gasteiger partial charge in [0.2, 0.25) is 0 Å². The number of aromatic nitrogens is 1. The third kappa shape index (κ3) is 3.28. The second-order valence-corrected chi connectivity index (χ2v) is 5.41. The summed E-state index contributed by atoms with van der Waals surface area (Å²) in [6.45, 7) is 5.41. The maximum atomic E-state index is 4.66. The highest BCUT2D eigenvalue weighted by Crippen LogP contribution is 2.41. The highest BCUT2D eigenvalue weighted by molar-refractivity contribution is 7.09. The summed E-state index contributed by atoms with van der Waals surface area (Å²) in [6, 6.07) is 0.612. The number of hydrogen-bond acceptors (Lipinski definition) is 3. The SMILES string of the molecule is CCCC(C)NCc1csc(C2CC2)n1. The van der Waals surface area contributed by atoms with Crippen molar-refractivity contribution >= 4 is 11.3 Å². The van der Waals surface area contributed by atoms with E-state index in [0.717, 1.165) is 12.5 Å². The van der Waals surface area contributed by atoms with Gasteiger partial charge in [-0.3, -0.25) is 0 Å². The van der Waals surface area contributed by atoms with E-state index in [9.17, 15) is 0 Å². The van der Waals surface area contributed by atoms with Gasteiger partial charge in [-0.15, -0.1) is 11.3 Å². The fourth-order valence-corrected chi connectivity index (χ4v) is 2.73. The Balaban J connectivity index is 1.77. The summed E-state index contributed by atoms with van der Waals surface area (Å²) in [4.78, 5) is 4.66. The maximum absolute atomic E-state index is 4.66. The van der Waals surface area contributed by atoms with Crippen LogP contribution in [0, 0.1) is 0 Å². The van der Waals surface area contributed by atoms with E-state index >= 15 is 0 Å². The molecule has 3 heteroatoms. The molecule has 1 atom stereocenters. The van der Waals surface area contributed by atoms with Crippen molar-refractivity contribution in [2.45, 2.75) is 58.0 Å². The van der Waals surface area contributed by atoms with Crippen molar-refractivity contribution in [1.29, 1.82) is 0 Å². The van der Waals surface area contributed by atoms with E-state index in [-0.39, 0.29) is 0 Å². The Kier molecular flexibility index (Phi) is 3.76. The molecule has 0 amide bonds. The van der Waals surface area contributed by atoms with Crippen molar-refractivity contribution in [3.63, 3.8) is 0 Å². The monoisotopic (exact) mass is 224 g/mol. The lowest BCUT2D eigenvalue weighted by molar-refractivity contribution is 0.505. The van der Waals surface area contributed by atoms with Crippen LogP contribution in [0.3, 0.4) is 0 Å². The van der Waals surface area contributed by atoms with E-state index < -0.39 is 0 Å². The third-order valence-electron chi connectivity index (χ3n) is 2.85. The smallest absolute Gasteiger partial charge is 0.0959 e. The molecule has 1 aliphatic rings. The Morgan fingerprint density at radius 3 is 3.07 bits per heavy atom. The Bertz CT molecular complexity index is 304. The Labute approximate surface area is 96.1 Å². The van der Waals surface area contributed by atoms with Gasteiger partial charge >= 0.3 is 0 Å². The molecule has 0 spiro atoms. The second kappa shape index (κ2) is 5.08. The molecule has 0 bridgehead atoms. The van der Waals surface area contributed by atoms with Crippen molar-refractivity contribution in [3.05, 3.63) is 16.1 Å². The topological polar surface area (TPSA) is 24.9 Å². The Morgan fingerprint density at radius 1 is 1.60 bits per heavy atom. The van der Waals surface area contributed by atoms with E-state index in [4.69, 9.17) is 0 Å². The van der Waals surface area contributed by atoms with E-state index in [2.05, 4.69) is 29.5 Å². The molecule has 1 heterocycles. The van der Waals surface area contributed by atoms with Crippen LogP contribution < -0.4 is 5.32 Å². The van der Waals surface area contributed by atoms with Crippen LogP contribution in [0.15, 0.2) is 5.38 Å². The second-order valence-electron chi connectivity index (χ2n) is 4.52. The number of nitrogens with zero attached hydrogens (tertiary/aromatic N) is 1. The number of thiazole rings is 1. The molecule has 1 aliphatic carbocycles. The normalized spacial score (nSPS) is 18.0. The summed E-state index contributed by atoms with van der Waals surface area (Å²) in [5, 5.41) is 7.08. The molecule has 1 unspecified atom stereocenters. The van der Waals surface area contributed by atoms with Gasteiger partial charge in [0.15, 0.2) is 0 Å². The largest absolute Gasteiger partial charge is 0.309 e. The molecular formula is C12H20N2S. The first kappa shape index (κ1) is 11.1. The van der Waals surface area contributed by atoms with Gasteiger partial charge in [0.05, 0.1) is 10.7 Å². The van der Waals surface area contributed by atoms with Gasteiger partial charge < -0.3 is 5.32 Å². The molecule has 15 heavy (non-hydrogen) atoms. The molecule has 1 N–H and O–H groups in total. The minimum atomic E-state index is 0.612. The zero-order valence-electron chi connectivity index (χ0n) is 9.62. The zero-order valence-corrected chi connectivity index (χ0v) is 10.4. The molecule has 84 valence electrons. The van der Waals surface area contributed by atoms with Gasteiger partial charge in [-0.2, -0.15) is 0 Å². The van der Waals surface area contributed by atoms with E-state index in [1.165, 1.54) is 36.4 Å². The first-order valence-electron chi connectivity index (χ1n) is 5.97. The average molecular weight is 224 g/mol. The van der Waals surface area contributed by atoms with Gasteiger partial charge in [0.25, 0.3) is 0 Å². The highest BCUT2D eigenvalue weighted by atomic mass is 32.1. The van der Waals surface area contributed by atoms with Crippen LogP contribution in [-0.2, 0) is 6.54 Å². The van der Waals surface area contributed by atoms with Gasteiger partial charge in [0, 0.05) is 23.9 Å². The van der Waals surface area contributed by atoms with Crippen molar-refractivity contribution in [3.8, 4) is 0 Å². The molecule has 0 saturated heterocycles. The van der Waals surface area contributed by atoms with Crippen LogP contribution in [0.25, 0.3) is 0 Å². The summed E-state index contributed by atoms with van der Waals surface area (Å²) in [6.07, 6.45) is 5.21. The average Bonchev–Trinajstić information content (AvgIpc) is 2.96. The lowest BCUT2D eigenvalue weighted by Gasteiger charge is -2.10. The third-order valence-corrected chi connectivity index (χ3v) is 3.91. The molecule has 2 rings (SSSR count). The number of hydrogen-bond donors (Lipinski definition) is 1. The van der Waals surface area contributed by atoms with Gasteiger partial charge in [-0.25, -0.2) is 4.98 Å². The molecule has 0 radical (unpaired) electrons. The molecule has 1 aromatic rings. The van der Waals surface area contributed by atoms with Gasteiger partial charge in [-0.1, -0.05) is 13.3 Å². The fraction of sp³-hybridized carbons (Fsp3) is 0.750. The van der Waals surface area contributed by atoms with Crippen LogP contribution in [0.4, 0.5) is 0 Å². The van der Waals surface area contributed by atoms with Crippen LogP contribution in [0.5, 0.6) is 0 Å². The van der Waals surface area contributed by atoms with Crippen LogP contribution >= 0.6 is 11.3 Å². The van der Waals surface area contributed by atoms with Crippen molar-refractivity contribution in [2.75, 3.05) is 0 Å². The summed E-state index contributed by atoms with van der Waals surface area (Å²) in [5.74, 6) is 0.803. The summed E-state index contributed by atoms with van der Waals surface area (Å²) in [7, 11) is 0. The van der Waals surface area contributed by atoms with Gasteiger partial charge in [-0.05, 0) is 26.2 Å². The first-order valence-corrected chi connectivity index (χ1v) is 6.85. The first-order chi connectivity index (χ1) is 7.29. The molecular weight excluding hydrogens is 204 g/mol. The molecule has 1 fully saturated rings. The lowest BCUT2D eigenvalue weighted by Crippen LogP contribution is -2.25. The van der Waals surface area contributed by atoms with Crippen LogP contribution in [0.2, 0.25) is 0 Å². The van der Waals surface area contributed by atoms with Crippen molar-refractivity contribution in [2.24, 2.45) is 0 Å². The Morgan fingerprint density at radius 2 is 2.40 bits per heavy atom. The predicted octanol–water partition coefficient (Wildman–Crippen LogP) is 3.30. The molecule has 0 aliphatic heterocycles. The minimum Gasteiger partial charge on any atom is -0.309 e. The fourth-order valence-electron chi connectivity index (χ4n) is 1.74. The van der Waals surface area contributed by atoms with E-state index in [1.54, 1.807) is 0 Å². The summed E-state index contributed by atoms with van der Waals surface area (Å²) in [5.41, 5.74) is 1.23. The molecule has 0 aromatic carbocycles. The lowest BCUT2D eigenvalue weighted by atomic mass is 10.2. The summed E-state index contributed by atoms with van der Waals surface area (Å²) >= 11 is 1.83. The maximum Gasteiger partial charge on any atom is 0.0959 e. The summed E-state index contributed by atoms with van der Waals surface area (Å²) < 4.78 is 0. The minimum absolute atomic E-state index is 0.612. The Hall–Kier alpha value is -0.410. The number of rotatable bonds is 6. The standard InChI is InChI=1S/C12H20N2S/c1-3-4-9(2)13-7-11-8-15-12(14-11)10-5-6-10/h8-10,13H,3-7H2,1-2H3. The van der Waals surface area contributed by atoms with Crippen LogP contribution in [-0.4, -0.2) is 11.0 Å². The van der Waals surface area contributed by atoms with Crippen molar-refractivity contribution in [1.82, 2.24) is 10.3 Å². The number of nitrogens with one attached hydrogen (secondary N) is 1. The predicted molar refractivity (Wildman–Crippen MR) is 65.3 cm³/mol. The van der Waals surface area contributed by atoms with E-state index in [1.807, 2.05) is 11.3 Å². The molecule has 2 nitrogen and oxygen atoms in total. The molecule has 1 saturated carbocycles.